The van der Waals surface area contributed by atoms with Crippen molar-refractivity contribution in [2.24, 2.45) is 11.7 Å². The lowest BCUT2D eigenvalue weighted by atomic mass is 10.1. The number of carbonyl (C=O) groups excluding carboxylic acids is 1. The second-order valence-corrected chi connectivity index (χ2v) is 5.34. The molecule has 2 atom stereocenters. The summed E-state index contributed by atoms with van der Waals surface area (Å²) >= 11 is 0. The highest BCUT2D eigenvalue weighted by Crippen LogP contribution is 2.10. The van der Waals surface area contributed by atoms with Gasteiger partial charge in [0.25, 0.3) is 0 Å². The van der Waals surface area contributed by atoms with Crippen LogP contribution in [0.4, 0.5) is 0 Å². The van der Waals surface area contributed by atoms with Gasteiger partial charge in [-0.3, -0.25) is 4.79 Å². The molecule has 0 aromatic rings. The van der Waals surface area contributed by atoms with Crippen molar-refractivity contribution >= 4 is 5.91 Å². The molecule has 0 radical (unpaired) electrons. The average Bonchev–Trinajstić information content (AvgIpc) is 2.37. The SMILES string of the molecule is C=CCC(N)C(=O)NCC(C)CN1CCCCC1. The van der Waals surface area contributed by atoms with Crippen molar-refractivity contribution in [3.05, 3.63) is 12.7 Å². The third-order valence-electron chi connectivity index (χ3n) is 3.40. The number of hydrogen-bond acceptors (Lipinski definition) is 3. The molecule has 18 heavy (non-hydrogen) atoms. The van der Waals surface area contributed by atoms with Crippen LogP contribution in [0.5, 0.6) is 0 Å². The average molecular weight is 253 g/mol. The third kappa shape index (κ3) is 5.65. The molecule has 1 amide bonds. The minimum Gasteiger partial charge on any atom is -0.354 e. The predicted molar refractivity (Wildman–Crippen MR) is 75.3 cm³/mol. The van der Waals surface area contributed by atoms with Crippen molar-refractivity contribution < 1.29 is 4.79 Å². The molecule has 1 aliphatic rings. The maximum Gasteiger partial charge on any atom is 0.237 e. The first kappa shape index (κ1) is 15.2. The summed E-state index contributed by atoms with van der Waals surface area (Å²) in [6.45, 7) is 9.94. The van der Waals surface area contributed by atoms with Gasteiger partial charge in [0.15, 0.2) is 0 Å². The van der Waals surface area contributed by atoms with Crippen LogP contribution in [0.15, 0.2) is 12.7 Å². The molecule has 1 heterocycles. The zero-order valence-electron chi connectivity index (χ0n) is 11.5. The highest BCUT2D eigenvalue weighted by Gasteiger charge is 2.15. The standard InChI is InChI=1S/C14H27N3O/c1-3-7-13(15)14(18)16-10-12(2)11-17-8-5-4-6-9-17/h3,12-13H,1,4-11,15H2,2H3,(H,16,18). The lowest BCUT2D eigenvalue weighted by Crippen LogP contribution is -2.43. The fraction of sp³-hybridized carbons (Fsp3) is 0.786. The summed E-state index contributed by atoms with van der Waals surface area (Å²) < 4.78 is 0. The molecule has 0 saturated carbocycles. The van der Waals surface area contributed by atoms with E-state index in [1.807, 2.05) is 0 Å². The fourth-order valence-corrected chi connectivity index (χ4v) is 2.34. The summed E-state index contributed by atoms with van der Waals surface area (Å²) in [6, 6.07) is -0.454. The molecular formula is C14H27N3O. The van der Waals surface area contributed by atoms with Gasteiger partial charge in [-0.15, -0.1) is 6.58 Å². The number of piperidine rings is 1. The lowest BCUT2D eigenvalue weighted by molar-refractivity contribution is -0.122. The van der Waals surface area contributed by atoms with Crippen molar-refractivity contribution in [3.63, 3.8) is 0 Å². The summed E-state index contributed by atoms with van der Waals surface area (Å²) in [5.41, 5.74) is 5.70. The first-order valence-electron chi connectivity index (χ1n) is 7.00. The normalized spacial score (nSPS) is 20.1. The van der Waals surface area contributed by atoms with E-state index in [9.17, 15) is 4.79 Å². The van der Waals surface area contributed by atoms with Crippen LogP contribution in [0, 0.1) is 5.92 Å². The van der Waals surface area contributed by atoms with Gasteiger partial charge in [-0.25, -0.2) is 0 Å². The van der Waals surface area contributed by atoms with E-state index in [2.05, 4.69) is 23.7 Å². The van der Waals surface area contributed by atoms with Crippen molar-refractivity contribution in [1.82, 2.24) is 10.2 Å². The van der Waals surface area contributed by atoms with Gasteiger partial charge < -0.3 is 16.0 Å². The Morgan fingerprint density at radius 2 is 2.11 bits per heavy atom. The van der Waals surface area contributed by atoms with E-state index < -0.39 is 6.04 Å². The van der Waals surface area contributed by atoms with Gasteiger partial charge in [0.05, 0.1) is 6.04 Å². The number of amides is 1. The van der Waals surface area contributed by atoms with Crippen molar-refractivity contribution in [3.8, 4) is 0 Å². The van der Waals surface area contributed by atoms with Crippen LogP contribution in [-0.4, -0.2) is 43.0 Å². The van der Waals surface area contributed by atoms with Gasteiger partial charge in [-0.1, -0.05) is 19.4 Å². The summed E-state index contributed by atoms with van der Waals surface area (Å²) in [7, 11) is 0. The van der Waals surface area contributed by atoms with E-state index in [0.29, 0.717) is 18.9 Å². The highest BCUT2D eigenvalue weighted by atomic mass is 16.2. The molecule has 1 aliphatic heterocycles. The molecule has 3 N–H and O–H groups in total. The van der Waals surface area contributed by atoms with Gasteiger partial charge in [0.1, 0.15) is 0 Å². The highest BCUT2D eigenvalue weighted by molar-refractivity contribution is 5.81. The maximum atomic E-state index is 11.6. The molecule has 2 unspecified atom stereocenters. The number of rotatable bonds is 7. The van der Waals surface area contributed by atoms with Crippen molar-refractivity contribution in [2.75, 3.05) is 26.2 Å². The molecule has 4 nitrogen and oxygen atoms in total. The Bertz CT molecular complexity index is 262. The third-order valence-corrected chi connectivity index (χ3v) is 3.40. The Morgan fingerprint density at radius 3 is 2.72 bits per heavy atom. The molecule has 104 valence electrons. The Labute approximate surface area is 111 Å². The van der Waals surface area contributed by atoms with Gasteiger partial charge in [0, 0.05) is 13.1 Å². The van der Waals surface area contributed by atoms with Crippen LogP contribution in [0.25, 0.3) is 0 Å². The molecule has 0 spiro atoms. The van der Waals surface area contributed by atoms with Crippen molar-refractivity contribution in [1.29, 1.82) is 0 Å². The Balaban J connectivity index is 2.17. The number of nitrogens with one attached hydrogen (secondary N) is 1. The van der Waals surface area contributed by atoms with E-state index in [1.54, 1.807) is 6.08 Å². The number of carbonyl (C=O) groups is 1. The number of nitrogens with two attached hydrogens (primary N) is 1. The number of likely N-dealkylation sites (tertiary alicyclic amines) is 1. The molecular weight excluding hydrogens is 226 g/mol. The van der Waals surface area contributed by atoms with E-state index in [1.165, 1.54) is 32.4 Å². The molecule has 0 aromatic heterocycles. The van der Waals surface area contributed by atoms with Crippen LogP contribution in [0.2, 0.25) is 0 Å². The van der Waals surface area contributed by atoms with Gasteiger partial charge in [0.2, 0.25) is 5.91 Å². The molecule has 4 heteroatoms. The Hall–Kier alpha value is -0.870. The Morgan fingerprint density at radius 1 is 1.44 bits per heavy atom. The number of nitrogens with zero attached hydrogens (tertiary/aromatic N) is 1. The van der Waals surface area contributed by atoms with Crippen LogP contribution < -0.4 is 11.1 Å². The smallest absolute Gasteiger partial charge is 0.237 e. The van der Waals surface area contributed by atoms with E-state index in [0.717, 1.165) is 6.54 Å². The van der Waals surface area contributed by atoms with E-state index in [4.69, 9.17) is 5.73 Å². The zero-order valence-corrected chi connectivity index (χ0v) is 11.5. The minimum absolute atomic E-state index is 0.0691. The van der Waals surface area contributed by atoms with E-state index >= 15 is 0 Å². The number of hydrogen-bond donors (Lipinski definition) is 2. The minimum atomic E-state index is -0.454. The van der Waals surface area contributed by atoms with Crippen LogP contribution in [-0.2, 0) is 4.79 Å². The summed E-state index contributed by atoms with van der Waals surface area (Å²) in [4.78, 5) is 14.1. The summed E-state index contributed by atoms with van der Waals surface area (Å²) in [5.74, 6) is 0.406. The molecule has 0 aromatic carbocycles. The zero-order chi connectivity index (χ0) is 13.4. The molecule has 0 bridgehead atoms. The topological polar surface area (TPSA) is 58.4 Å². The molecule has 0 aliphatic carbocycles. The molecule has 1 rings (SSSR count). The maximum absolute atomic E-state index is 11.6. The largest absolute Gasteiger partial charge is 0.354 e. The molecule has 1 fully saturated rings. The van der Waals surface area contributed by atoms with E-state index in [-0.39, 0.29) is 5.91 Å². The Kier molecular flexibility index (Phi) is 6.98. The second-order valence-electron chi connectivity index (χ2n) is 5.34. The van der Waals surface area contributed by atoms with Gasteiger partial charge in [-0.2, -0.15) is 0 Å². The summed E-state index contributed by atoms with van der Waals surface area (Å²) in [5, 5.41) is 2.92. The summed E-state index contributed by atoms with van der Waals surface area (Å²) in [6.07, 6.45) is 6.19. The van der Waals surface area contributed by atoms with Crippen LogP contribution >= 0.6 is 0 Å². The van der Waals surface area contributed by atoms with Gasteiger partial charge in [-0.05, 0) is 38.3 Å². The lowest BCUT2D eigenvalue weighted by Gasteiger charge is -2.29. The fourth-order valence-electron chi connectivity index (χ4n) is 2.34. The predicted octanol–water partition coefficient (Wildman–Crippen LogP) is 1.13. The second kappa shape index (κ2) is 8.27. The van der Waals surface area contributed by atoms with Crippen LogP contribution in [0.3, 0.4) is 0 Å². The first-order chi connectivity index (χ1) is 8.63. The van der Waals surface area contributed by atoms with Gasteiger partial charge >= 0.3 is 0 Å². The quantitative estimate of drug-likeness (QED) is 0.669. The molecule has 1 saturated heterocycles. The van der Waals surface area contributed by atoms with Crippen LogP contribution in [0.1, 0.15) is 32.6 Å². The van der Waals surface area contributed by atoms with Crippen molar-refractivity contribution in [2.45, 2.75) is 38.6 Å². The monoisotopic (exact) mass is 253 g/mol. The first-order valence-corrected chi connectivity index (χ1v) is 7.00.